The molecule has 136 valence electrons. The molecule has 0 N–H and O–H groups in total. The summed E-state index contributed by atoms with van der Waals surface area (Å²) in [5, 5.41) is 0. The van der Waals surface area contributed by atoms with E-state index in [-0.39, 0.29) is 23.5 Å². The average Bonchev–Trinajstić information content (AvgIpc) is 2.68. The summed E-state index contributed by atoms with van der Waals surface area (Å²) >= 11 is 0. The van der Waals surface area contributed by atoms with E-state index >= 15 is 0 Å². The molecular formula is C20H22FN3O2. The number of nitrogens with zero attached hydrogens (tertiary/aromatic N) is 3. The predicted octanol–water partition coefficient (Wildman–Crippen LogP) is 2.70. The molecule has 3 rings (SSSR count). The SMILES string of the molecule is CC(CC(=O)N1CCN(C(=O)c2cccnc2)CC1)c1ccc(F)cc1. The van der Waals surface area contributed by atoms with Gasteiger partial charge in [-0.3, -0.25) is 14.6 Å². The number of carbonyl (C=O) groups is 2. The van der Waals surface area contributed by atoms with Crippen LogP contribution >= 0.6 is 0 Å². The minimum atomic E-state index is -0.276. The molecule has 1 aliphatic rings. The molecule has 2 aromatic rings. The summed E-state index contributed by atoms with van der Waals surface area (Å²) in [7, 11) is 0. The first-order chi connectivity index (χ1) is 12.5. The Balaban J connectivity index is 1.52. The molecule has 0 saturated carbocycles. The maximum atomic E-state index is 13.0. The average molecular weight is 355 g/mol. The van der Waals surface area contributed by atoms with Crippen molar-refractivity contribution in [3.8, 4) is 0 Å². The van der Waals surface area contributed by atoms with E-state index in [1.54, 1.807) is 46.5 Å². The lowest BCUT2D eigenvalue weighted by atomic mass is 9.97. The Hall–Kier alpha value is -2.76. The summed E-state index contributed by atoms with van der Waals surface area (Å²) in [6.07, 6.45) is 3.57. The first-order valence-corrected chi connectivity index (χ1v) is 8.77. The van der Waals surface area contributed by atoms with E-state index in [1.165, 1.54) is 12.1 Å². The van der Waals surface area contributed by atoms with Gasteiger partial charge in [-0.1, -0.05) is 19.1 Å². The van der Waals surface area contributed by atoms with Crippen LogP contribution in [0.3, 0.4) is 0 Å². The molecule has 1 aromatic carbocycles. The molecule has 26 heavy (non-hydrogen) atoms. The fraction of sp³-hybridized carbons (Fsp3) is 0.350. The van der Waals surface area contributed by atoms with Crippen LogP contribution < -0.4 is 0 Å². The van der Waals surface area contributed by atoms with Crippen molar-refractivity contribution in [2.45, 2.75) is 19.3 Å². The molecule has 0 aliphatic carbocycles. The Labute approximate surface area is 152 Å². The summed E-state index contributed by atoms with van der Waals surface area (Å²) in [4.78, 5) is 32.5. The van der Waals surface area contributed by atoms with Gasteiger partial charge in [-0.15, -0.1) is 0 Å². The van der Waals surface area contributed by atoms with Crippen molar-refractivity contribution in [1.82, 2.24) is 14.8 Å². The molecule has 1 aromatic heterocycles. The minimum absolute atomic E-state index is 0.0261. The van der Waals surface area contributed by atoms with Gasteiger partial charge in [0.15, 0.2) is 0 Å². The van der Waals surface area contributed by atoms with E-state index in [2.05, 4.69) is 4.98 Å². The highest BCUT2D eigenvalue weighted by Gasteiger charge is 2.25. The second-order valence-corrected chi connectivity index (χ2v) is 6.57. The molecule has 0 radical (unpaired) electrons. The Morgan fingerprint density at radius 2 is 1.73 bits per heavy atom. The molecule has 0 spiro atoms. The normalized spacial score (nSPS) is 15.6. The third-order valence-corrected chi connectivity index (χ3v) is 4.75. The molecule has 2 amide bonds. The van der Waals surface area contributed by atoms with Crippen molar-refractivity contribution >= 4 is 11.8 Å². The monoisotopic (exact) mass is 355 g/mol. The largest absolute Gasteiger partial charge is 0.339 e. The van der Waals surface area contributed by atoms with E-state index in [0.717, 1.165) is 5.56 Å². The Morgan fingerprint density at radius 3 is 2.35 bits per heavy atom. The highest BCUT2D eigenvalue weighted by Crippen LogP contribution is 2.21. The molecule has 1 aliphatic heterocycles. The fourth-order valence-corrected chi connectivity index (χ4v) is 3.13. The number of hydrogen-bond donors (Lipinski definition) is 0. The second-order valence-electron chi connectivity index (χ2n) is 6.57. The molecule has 1 unspecified atom stereocenters. The van der Waals surface area contributed by atoms with Gasteiger partial charge in [0.1, 0.15) is 5.82 Å². The minimum Gasteiger partial charge on any atom is -0.339 e. The van der Waals surface area contributed by atoms with Gasteiger partial charge in [0.2, 0.25) is 5.91 Å². The highest BCUT2D eigenvalue weighted by molar-refractivity contribution is 5.94. The number of halogens is 1. The van der Waals surface area contributed by atoms with Crippen LogP contribution in [-0.4, -0.2) is 52.8 Å². The number of carbonyl (C=O) groups excluding carboxylic acids is 2. The molecule has 1 saturated heterocycles. The van der Waals surface area contributed by atoms with Crippen LogP contribution in [0.1, 0.15) is 35.2 Å². The van der Waals surface area contributed by atoms with Crippen molar-refractivity contribution in [1.29, 1.82) is 0 Å². The van der Waals surface area contributed by atoms with E-state index in [0.29, 0.717) is 38.2 Å². The Morgan fingerprint density at radius 1 is 1.08 bits per heavy atom. The lowest BCUT2D eigenvalue weighted by Gasteiger charge is -2.35. The van der Waals surface area contributed by atoms with Crippen molar-refractivity contribution in [3.05, 3.63) is 65.7 Å². The van der Waals surface area contributed by atoms with Gasteiger partial charge < -0.3 is 9.80 Å². The van der Waals surface area contributed by atoms with Crippen LogP contribution in [0.4, 0.5) is 4.39 Å². The van der Waals surface area contributed by atoms with E-state index < -0.39 is 0 Å². The lowest BCUT2D eigenvalue weighted by molar-refractivity contribution is -0.133. The van der Waals surface area contributed by atoms with Crippen LogP contribution in [0.25, 0.3) is 0 Å². The Bertz CT molecular complexity index is 756. The molecule has 2 heterocycles. The van der Waals surface area contributed by atoms with Crippen LogP contribution in [0, 0.1) is 5.82 Å². The number of hydrogen-bond acceptors (Lipinski definition) is 3. The zero-order valence-electron chi connectivity index (χ0n) is 14.8. The predicted molar refractivity (Wildman–Crippen MR) is 96.2 cm³/mol. The van der Waals surface area contributed by atoms with Crippen LogP contribution in [-0.2, 0) is 4.79 Å². The summed E-state index contributed by atoms with van der Waals surface area (Å²) in [5.74, 6) is -0.236. The number of benzene rings is 1. The topological polar surface area (TPSA) is 53.5 Å². The molecular weight excluding hydrogens is 333 g/mol. The standard InChI is InChI=1S/C20H22FN3O2/c1-15(16-4-6-18(21)7-5-16)13-19(25)23-9-11-24(12-10-23)20(26)17-3-2-8-22-14-17/h2-8,14-15H,9-13H2,1H3. The van der Waals surface area contributed by atoms with Crippen LogP contribution in [0.2, 0.25) is 0 Å². The number of rotatable bonds is 4. The third-order valence-electron chi connectivity index (χ3n) is 4.75. The number of amides is 2. The maximum Gasteiger partial charge on any atom is 0.255 e. The molecule has 1 atom stereocenters. The van der Waals surface area contributed by atoms with Gasteiger partial charge in [-0.2, -0.15) is 0 Å². The van der Waals surface area contributed by atoms with E-state index in [4.69, 9.17) is 0 Å². The summed E-state index contributed by atoms with van der Waals surface area (Å²) < 4.78 is 13.0. The van der Waals surface area contributed by atoms with Gasteiger partial charge in [0, 0.05) is 45.0 Å². The van der Waals surface area contributed by atoms with Crippen molar-refractivity contribution < 1.29 is 14.0 Å². The van der Waals surface area contributed by atoms with E-state index in [9.17, 15) is 14.0 Å². The summed E-state index contributed by atoms with van der Waals surface area (Å²) in [6.45, 7) is 4.06. The molecule has 1 fully saturated rings. The van der Waals surface area contributed by atoms with Gasteiger partial charge in [0.25, 0.3) is 5.91 Å². The summed E-state index contributed by atoms with van der Waals surface area (Å²) in [6, 6.07) is 9.76. The fourth-order valence-electron chi connectivity index (χ4n) is 3.13. The van der Waals surface area contributed by atoms with Crippen molar-refractivity contribution in [2.75, 3.05) is 26.2 Å². The first-order valence-electron chi connectivity index (χ1n) is 8.77. The number of piperazine rings is 1. The second kappa shape index (κ2) is 8.08. The van der Waals surface area contributed by atoms with Gasteiger partial charge in [-0.25, -0.2) is 4.39 Å². The zero-order chi connectivity index (χ0) is 18.5. The highest BCUT2D eigenvalue weighted by atomic mass is 19.1. The molecule has 6 heteroatoms. The quantitative estimate of drug-likeness (QED) is 0.847. The first kappa shape index (κ1) is 18.0. The van der Waals surface area contributed by atoms with Gasteiger partial charge >= 0.3 is 0 Å². The van der Waals surface area contributed by atoms with Crippen molar-refractivity contribution in [2.24, 2.45) is 0 Å². The summed E-state index contributed by atoms with van der Waals surface area (Å²) in [5.41, 5.74) is 1.52. The third kappa shape index (κ3) is 4.25. The number of aromatic nitrogens is 1. The van der Waals surface area contributed by atoms with Gasteiger partial charge in [0.05, 0.1) is 5.56 Å². The van der Waals surface area contributed by atoms with Gasteiger partial charge in [-0.05, 0) is 35.7 Å². The lowest BCUT2D eigenvalue weighted by Crippen LogP contribution is -2.50. The smallest absolute Gasteiger partial charge is 0.255 e. The maximum absolute atomic E-state index is 13.0. The molecule has 5 nitrogen and oxygen atoms in total. The van der Waals surface area contributed by atoms with Crippen molar-refractivity contribution in [3.63, 3.8) is 0 Å². The van der Waals surface area contributed by atoms with Crippen LogP contribution in [0.5, 0.6) is 0 Å². The van der Waals surface area contributed by atoms with Crippen LogP contribution in [0.15, 0.2) is 48.8 Å². The van der Waals surface area contributed by atoms with E-state index in [1.807, 2.05) is 6.92 Å². The zero-order valence-corrected chi connectivity index (χ0v) is 14.8. The molecule has 0 bridgehead atoms. The Kier molecular flexibility index (Phi) is 5.61. The number of pyridine rings is 1.